The molecule has 1 saturated heterocycles. The smallest absolute Gasteiger partial charge is 0.229 e. The number of ether oxygens (including phenoxy) is 1. The van der Waals surface area contributed by atoms with Crippen LogP contribution in [0.3, 0.4) is 0 Å². The minimum atomic E-state index is -0.0584. The highest BCUT2D eigenvalue weighted by molar-refractivity contribution is 5.95. The maximum absolute atomic E-state index is 12.2. The maximum atomic E-state index is 12.2. The molecule has 1 fully saturated rings. The second-order valence-electron chi connectivity index (χ2n) is 5.64. The van der Waals surface area contributed by atoms with Crippen molar-refractivity contribution >= 4 is 11.8 Å². The lowest BCUT2D eigenvalue weighted by Crippen LogP contribution is -2.40. The fourth-order valence-corrected chi connectivity index (χ4v) is 2.71. The number of nitrogens with zero attached hydrogens (tertiary/aromatic N) is 1. The lowest BCUT2D eigenvalue weighted by atomic mass is 10.0. The average Bonchev–Trinajstić information content (AvgIpc) is 2.48. The Morgan fingerprint density at radius 2 is 2.05 bits per heavy atom. The summed E-state index contributed by atoms with van der Waals surface area (Å²) in [7, 11) is 1.66. The lowest BCUT2D eigenvalue weighted by molar-refractivity contribution is -0.146. The van der Waals surface area contributed by atoms with E-state index < -0.39 is 0 Å². The molecule has 21 heavy (non-hydrogen) atoms. The van der Waals surface area contributed by atoms with Crippen LogP contribution in [0.15, 0.2) is 12.1 Å². The summed E-state index contributed by atoms with van der Waals surface area (Å²) in [5, 5.41) is 0. The summed E-state index contributed by atoms with van der Waals surface area (Å²) in [6, 6.07) is 4.07. The van der Waals surface area contributed by atoms with Crippen LogP contribution in [0.5, 0.6) is 5.75 Å². The van der Waals surface area contributed by atoms with Crippen LogP contribution in [0, 0.1) is 13.8 Å². The van der Waals surface area contributed by atoms with Gasteiger partial charge in [-0.15, -0.1) is 0 Å². The minimum Gasteiger partial charge on any atom is -0.496 e. The predicted molar refractivity (Wildman–Crippen MR) is 81.4 cm³/mol. The third kappa shape index (κ3) is 3.63. The summed E-state index contributed by atoms with van der Waals surface area (Å²) in [5.74, 6) is 0.771. The Kier molecular flexibility index (Phi) is 4.99. The van der Waals surface area contributed by atoms with Crippen LogP contribution in [0.1, 0.15) is 42.4 Å². The number of hydrogen-bond donors (Lipinski definition) is 0. The molecule has 0 spiro atoms. The number of methoxy groups -OCH3 is 1. The van der Waals surface area contributed by atoms with Crippen LogP contribution in [0.25, 0.3) is 0 Å². The molecule has 0 saturated carbocycles. The second kappa shape index (κ2) is 6.74. The van der Waals surface area contributed by atoms with Gasteiger partial charge in [-0.2, -0.15) is 0 Å². The number of imide groups is 1. The van der Waals surface area contributed by atoms with Crippen molar-refractivity contribution in [2.75, 3.05) is 13.7 Å². The highest BCUT2D eigenvalue weighted by Gasteiger charge is 2.23. The van der Waals surface area contributed by atoms with E-state index >= 15 is 0 Å². The SMILES string of the molecule is COc1cc(CCC(=O)N2CCCCC2=O)cc(C)c1C. The van der Waals surface area contributed by atoms with Gasteiger partial charge in [0, 0.05) is 19.4 Å². The first-order valence-corrected chi connectivity index (χ1v) is 7.50. The summed E-state index contributed by atoms with van der Waals surface area (Å²) in [6.45, 7) is 4.64. The van der Waals surface area contributed by atoms with Crippen molar-refractivity contribution in [3.63, 3.8) is 0 Å². The highest BCUT2D eigenvalue weighted by Crippen LogP contribution is 2.24. The molecule has 0 N–H and O–H groups in total. The summed E-state index contributed by atoms with van der Waals surface area (Å²) in [6.07, 6.45) is 3.34. The van der Waals surface area contributed by atoms with Gasteiger partial charge in [0.15, 0.2) is 0 Å². The Hall–Kier alpha value is -1.84. The molecule has 0 radical (unpaired) electrons. The average molecular weight is 289 g/mol. The fraction of sp³-hybridized carbons (Fsp3) is 0.529. The van der Waals surface area contributed by atoms with Gasteiger partial charge in [-0.3, -0.25) is 14.5 Å². The van der Waals surface area contributed by atoms with Crippen LogP contribution in [0.2, 0.25) is 0 Å². The summed E-state index contributed by atoms with van der Waals surface area (Å²) in [5.41, 5.74) is 3.36. The first kappa shape index (κ1) is 15.5. The Balaban J connectivity index is 2.01. The van der Waals surface area contributed by atoms with Crippen molar-refractivity contribution in [1.29, 1.82) is 0 Å². The molecular weight excluding hydrogens is 266 g/mol. The van der Waals surface area contributed by atoms with Gasteiger partial charge >= 0.3 is 0 Å². The van der Waals surface area contributed by atoms with Gasteiger partial charge in [-0.05, 0) is 55.9 Å². The lowest BCUT2D eigenvalue weighted by Gasteiger charge is -2.24. The van der Waals surface area contributed by atoms with E-state index in [-0.39, 0.29) is 11.8 Å². The molecule has 1 aliphatic rings. The molecule has 1 aliphatic heterocycles. The van der Waals surface area contributed by atoms with Gasteiger partial charge in [0.1, 0.15) is 5.75 Å². The van der Waals surface area contributed by atoms with Crippen molar-refractivity contribution < 1.29 is 14.3 Å². The van der Waals surface area contributed by atoms with E-state index in [1.165, 1.54) is 4.90 Å². The van der Waals surface area contributed by atoms with Gasteiger partial charge in [0.2, 0.25) is 11.8 Å². The summed E-state index contributed by atoms with van der Waals surface area (Å²) >= 11 is 0. The third-order valence-electron chi connectivity index (χ3n) is 4.15. The molecular formula is C17H23NO3. The number of piperidine rings is 1. The molecule has 2 amide bonds. The predicted octanol–water partition coefficient (Wildman–Crippen LogP) is 2.78. The maximum Gasteiger partial charge on any atom is 0.229 e. The van der Waals surface area contributed by atoms with Crippen LogP contribution < -0.4 is 4.74 Å². The van der Waals surface area contributed by atoms with Crippen LogP contribution in [0.4, 0.5) is 0 Å². The molecule has 0 aromatic heterocycles. The largest absolute Gasteiger partial charge is 0.496 e. The van der Waals surface area contributed by atoms with E-state index in [0.29, 0.717) is 25.8 Å². The summed E-state index contributed by atoms with van der Waals surface area (Å²) in [4.78, 5) is 25.3. The molecule has 0 unspecified atom stereocenters. The number of carbonyl (C=O) groups excluding carboxylic acids is 2. The Bertz CT molecular complexity index is 551. The Morgan fingerprint density at radius 3 is 2.71 bits per heavy atom. The molecule has 2 rings (SSSR count). The normalized spacial score (nSPS) is 15.2. The van der Waals surface area contributed by atoms with E-state index in [1.807, 2.05) is 19.9 Å². The first-order chi connectivity index (χ1) is 10.0. The zero-order valence-electron chi connectivity index (χ0n) is 13.1. The van der Waals surface area contributed by atoms with Gasteiger partial charge < -0.3 is 4.74 Å². The summed E-state index contributed by atoms with van der Waals surface area (Å²) < 4.78 is 5.36. The quantitative estimate of drug-likeness (QED) is 0.856. The van der Waals surface area contributed by atoms with Gasteiger partial charge in [0.25, 0.3) is 0 Å². The molecule has 0 atom stereocenters. The minimum absolute atomic E-state index is 0.0242. The van der Waals surface area contributed by atoms with Crippen molar-refractivity contribution in [3.05, 3.63) is 28.8 Å². The zero-order chi connectivity index (χ0) is 15.4. The molecule has 1 aromatic rings. The molecule has 4 nitrogen and oxygen atoms in total. The topological polar surface area (TPSA) is 46.6 Å². The van der Waals surface area contributed by atoms with E-state index in [0.717, 1.165) is 35.3 Å². The number of benzene rings is 1. The fourth-order valence-electron chi connectivity index (χ4n) is 2.71. The zero-order valence-corrected chi connectivity index (χ0v) is 13.1. The number of hydrogen-bond acceptors (Lipinski definition) is 3. The number of likely N-dealkylation sites (tertiary alicyclic amines) is 1. The van der Waals surface area contributed by atoms with Crippen LogP contribution in [-0.2, 0) is 16.0 Å². The first-order valence-electron chi connectivity index (χ1n) is 7.50. The number of rotatable bonds is 4. The Morgan fingerprint density at radius 1 is 1.29 bits per heavy atom. The Labute approximate surface area is 126 Å². The number of carbonyl (C=O) groups is 2. The van der Waals surface area contributed by atoms with Crippen molar-refractivity contribution in [2.24, 2.45) is 0 Å². The van der Waals surface area contributed by atoms with Gasteiger partial charge in [0.05, 0.1) is 7.11 Å². The van der Waals surface area contributed by atoms with E-state index in [1.54, 1.807) is 7.11 Å². The molecule has 4 heteroatoms. The van der Waals surface area contributed by atoms with Crippen LogP contribution >= 0.6 is 0 Å². The van der Waals surface area contributed by atoms with E-state index in [2.05, 4.69) is 6.07 Å². The molecule has 114 valence electrons. The molecule has 0 bridgehead atoms. The standard InChI is InChI=1S/C17H23NO3/c1-12-10-14(11-15(21-3)13(12)2)7-8-17(20)18-9-5-4-6-16(18)19/h10-11H,4-9H2,1-3H3. The third-order valence-corrected chi connectivity index (χ3v) is 4.15. The van der Waals surface area contributed by atoms with Gasteiger partial charge in [-0.1, -0.05) is 6.07 Å². The van der Waals surface area contributed by atoms with Crippen molar-refractivity contribution in [1.82, 2.24) is 4.90 Å². The van der Waals surface area contributed by atoms with Gasteiger partial charge in [-0.25, -0.2) is 0 Å². The molecule has 1 heterocycles. The van der Waals surface area contributed by atoms with E-state index in [4.69, 9.17) is 4.74 Å². The van der Waals surface area contributed by atoms with Crippen LogP contribution in [-0.4, -0.2) is 30.4 Å². The second-order valence-corrected chi connectivity index (χ2v) is 5.64. The number of amides is 2. The van der Waals surface area contributed by atoms with E-state index in [9.17, 15) is 9.59 Å². The van der Waals surface area contributed by atoms with Crippen molar-refractivity contribution in [3.8, 4) is 5.75 Å². The van der Waals surface area contributed by atoms with Crippen molar-refractivity contribution in [2.45, 2.75) is 46.0 Å². The molecule has 0 aliphatic carbocycles. The monoisotopic (exact) mass is 289 g/mol. The highest BCUT2D eigenvalue weighted by atomic mass is 16.5. The molecule has 1 aromatic carbocycles. The number of aryl methyl sites for hydroxylation is 2.